The molecule has 0 radical (unpaired) electrons. The molecule has 0 fully saturated rings. The molecule has 3 heteroatoms. The summed E-state index contributed by atoms with van der Waals surface area (Å²) in [5.41, 5.74) is 6.11. The van der Waals surface area contributed by atoms with E-state index in [0.29, 0.717) is 0 Å². The maximum atomic E-state index is 10.3. The lowest BCUT2D eigenvalue weighted by Crippen LogP contribution is -2.10. The lowest BCUT2D eigenvalue weighted by Gasteiger charge is -2.19. The van der Waals surface area contributed by atoms with Crippen LogP contribution in [0.3, 0.4) is 0 Å². The van der Waals surface area contributed by atoms with Crippen LogP contribution in [-0.2, 0) is 5.41 Å². The van der Waals surface area contributed by atoms with Crippen molar-refractivity contribution in [1.29, 1.82) is 0 Å². The van der Waals surface area contributed by atoms with Gasteiger partial charge in [-0.25, -0.2) is 4.98 Å². The van der Waals surface area contributed by atoms with E-state index < -0.39 is 6.10 Å². The van der Waals surface area contributed by atoms with Gasteiger partial charge in [0.1, 0.15) is 5.65 Å². The Kier molecular flexibility index (Phi) is 3.77. The van der Waals surface area contributed by atoms with Gasteiger partial charge >= 0.3 is 0 Å². The first-order chi connectivity index (χ1) is 10.8. The number of aliphatic hydroxyl groups is 1. The highest BCUT2D eigenvalue weighted by Crippen LogP contribution is 2.31. The maximum Gasteiger partial charge on any atom is 0.137 e. The number of imidazole rings is 1. The second-order valence-electron chi connectivity index (χ2n) is 7.21. The number of aromatic nitrogens is 2. The third-order valence-corrected chi connectivity index (χ3v) is 4.29. The van der Waals surface area contributed by atoms with Crippen LogP contribution in [0, 0.1) is 6.92 Å². The fraction of sp³-hybridized carbons (Fsp3) is 0.350. The maximum absolute atomic E-state index is 10.3. The van der Waals surface area contributed by atoms with E-state index in [4.69, 9.17) is 4.98 Å². The van der Waals surface area contributed by atoms with Crippen LogP contribution in [-0.4, -0.2) is 14.5 Å². The van der Waals surface area contributed by atoms with Crippen molar-refractivity contribution in [3.8, 4) is 11.3 Å². The molecule has 1 unspecified atom stereocenters. The molecule has 0 bridgehead atoms. The monoisotopic (exact) mass is 308 g/mol. The Bertz CT molecular complexity index is 836. The van der Waals surface area contributed by atoms with Gasteiger partial charge in [-0.05, 0) is 37.0 Å². The number of benzene rings is 1. The largest absolute Gasteiger partial charge is 0.387 e. The predicted molar refractivity (Wildman–Crippen MR) is 94.7 cm³/mol. The highest BCUT2D eigenvalue weighted by Gasteiger charge is 2.20. The molecule has 0 saturated heterocycles. The van der Waals surface area contributed by atoms with Crippen molar-refractivity contribution in [1.82, 2.24) is 9.38 Å². The lowest BCUT2D eigenvalue weighted by atomic mass is 9.86. The van der Waals surface area contributed by atoms with Gasteiger partial charge in [0.2, 0.25) is 0 Å². The van der Waals surface area contributed by atoms with Crippen molar-refractivity contribution in [3.05, 3.63) is 59.4 Å². The molecular weight excluding hydrogens is 284 g/mol. The molecule has 0 saturated carbocycles. The Morgan fingerprint density at radius 3 is 2.26 bits per heavy atom. The van der Waals surface area contributed by atoms with Gasteiger partial charge in [-0.15, -0.1) is 0 Å². The van der Waals surface area contributed by atoms with Crippen molar-refractivity contribution in [3.63, 3.8) is 0 Å². The highest BCUT2D eigenvalue weighted by molar-refractivity contribution is 5.67. The zero-order valence-electron chi connectivity index (χ0n) is 14.5. The number of hydrogen-bond acceptors (Lipinski definition) is 2. The Morgan fingerprint density at radius 2 is 1.70 bits per heavy atom. The van der Waals surface area contributed by atoms with E-state index in [9.17, 15) is 5.11 Å². The number of nitrogens with zero attached hydrogens (tertiary/aromatic N) is 2. The molecular formula is C20H24N2O. The third-order valence-electron chi connectivity index (χ3n) is 4.29. The summed E-state index contributed by atoms with van der Waals surface area (Å²) >= 11 is 0. The van der Waals surface area contributed by atoms with E-state index in [2.05, 4.69) is 45.0 Å². The van der Waals surface area contributed by atoms with Gasteiger partial charge in [-0.1, -0.05) is 51.1 Å². The predicted octanol–water partition coefficient (Wildman–Crippen LogP) is 4.66. The molecule has 1 aromatic carbocycles. The third kappa shape index (κ3) is 2.77. The zero-order chi connectivity index (χ0) is 16.8. The molecule has 0 aliphatic heterocycles. The minimum atomic E-state index is -0.580. The Balaban J connectivity index is 2.20. The van der Waals surface area contributed by atoms with E-state index in [1.54, 1.807) is 6.92 Å². The molecule has 0 aliphatic carbocycles. The van der Waals surface area contributed by atoms with Crippen LogP contribution >= 0.6 is 0 Å². The fourth-order valence-corrected chi connectivity index (χ4v) is 3.01. The first-order valence-electron chi connectivity index (χ1n) is 8.06. The van der Waals surface area contributed by atoms with Crippen molar-refractivity contribution in [2.45, 2.75) is 46.1 Å². The minimum absolute atomic E-state index is 0.126. The van der Waals surface area contributed by atoms with Crippen LogP contribution in [0.15, 0.2) is 42.5 Å². The van der Waals surface area contributed by atoms with Crippen LogP contribution in [0.2, 0.25) is 0 Å². The zero-order valence-corrected chi connectivity index (χ0v) is 14.5. The van der Waals surface area contributed by atoms with Crippen LogP contribution in [0.5, 0.6) is 0 Å². The van der Waals surface area contributed by atoms with Crippen LogP contribution in [0.1, 0.15) is 50.8 Å². The number of fused-ring (bicyclic) bond motifs is 1. The average Bonchev–Trinajstić information content (AvgIpc) is 2.87. The quantitative estimate of drug-likeness (QED) is 0.747. The number of pyridine rings is 1. The van der Waals surface area contributed by atoms with Gasteiger partial charge < -0.3 is 5.11 Å². The minimum Gasteiger partial charge on any atom is -0.387 e. The topological polar surface area (TPSA) is 37.5 Å². The van der Waals surface area contributed by atoms with Gasteiger partial charge in [0.25, 0.3) is 0 Å². The van der Waals surface area contributed by atoms with Crippen molar-refractivity contribution in [2.24, 2.45) is 0 Å². The fourth-order valence-electron chi connectivity index (χ4n) is 3.01. The summed E-state index contributed by atoms with van der Waals surface area (Å²) in [5.74, 6) is 0. The molecule has 2 heterocycles. The number of aliphatic hydroxyl groups excluding tert-OH is 1. The highest BCUT2D eigenvalue weighted by atomic mass is 16.3. The van der Waals surface area contributed by atoms with Gasteiger partial charge in [0.05, 0.1) is 17.5 Å². The molecule has 120 valence electrons. The smallest absolute Gasteiger partial charge is 0.137 e. The molecule has 1 N–H and O–H groups in total. The van der Waals surface area contributed by atoms with Gasteiger partial charge in [0.15, 0.2) is 0 Å². The van der Waals surface area contributed by atoms with Crippen molar-refractivity contribution >= 4 is 5.65 Å². The molecule has 0 amide bonds. The molecule has 3 aromatic rings. The summed E-state index contributed by atoms with van der Waals surface area (Å²) in [5, 5.41) is 10.3. The molecule has 1 atom stereocenters. The second kappa shape index (κ2) is 5.50. The van der Waals surface area contributed by atoms with Gasteiger partial charge in [-0.2, -0.15) is 0 Å². The molecule has 0 aliphatic rings. The molecule has 3 nitrogen and oxygen atoms in total. The Labute approximate surface area is 137 Å². The number of rotatable bonds is 2. The van der Waals surface area contributed by atoms with E-state index in [1.807, 2.05) is 29.5 Å². The summed E-state index contributed by atoms with van der Waals surface area (Å²) in [7, 11) is 0. The summed E-state index contributed by atoms with van der Waals surface area (Å²) in [6, 6.07) is 14.5. The van der Waals surface area contributed by atoms with Gasteiger partial charge in [-0.3, -0.25) is 4.40 Å². The standard InChI is InChI=1S/C20H24N2O/c1-13-7-6-8-17-21-18(19(14(2)23)22(13)17)15-9-11-16(12-10-15)20(3,4)5/h6-12,14,23H,1-5H3. The number of hydrogen-bond donors (Lipinski definition) is 1. The first-order valence-corrected chi connectivity index (χ1v) is 8.06. The second-order valence-corrected chi connectivity index (χ2v) is 7.21. The Morgan fingerprint density at radius 1 is 1.04 bits per heavy atom. The summed E-state index contributed by atoms with van der Waals surface area (Å²) in [6.07, 6.45) is -0.580. The van der Waals surface area contributed by atoms with E-state index in [0.717, 1.165) is 28.3 Å². The SMILES string of the molecule is Cc1cccc2nc(-c3ccc(C(C)(C)C)cc3)c(C(C)O)n12. The molecule has 0 spiro atoms. The molecule has 3 rings (SSSR count). The van der Waals surface area contributed by atoms with Crippen LogP contribution in [0.4, 0.5) is 0 Å². The number of aryl methyl sites for hydroxylation is 1. The molecule has 2 aromatic heterocycles. The lowest BCUT2D eigenvalue weighted by molar-refractivity contribution is 0.194. The molecule has 23 heavy (non-hydrogen) atoms. The average molecular weight is 308 g/mol. The Hall–Kier alpha value is -2.13. The van der Waals surface area contributed by atoms with Crippen molar-refractivity contribution < 1.29 is 5.11 Å². The summed E-state index contributed by atoms with van der Waals surface area (Å²) < 4.78 is 2.04. The van der Waals surface area contributed by atoms with E-state index in [1.165, 1.54) is 5.56 Å². The summed E-state index contributed by atoms with van der Waals surface area (Å²) in [4.78, 5) is 4.76. The van der Waals surface area contributed by atoms with E-state index in [-0.39, 0.29) is 5.41 Å². The van der Waals surface area contributed by atoms with Crippen LogP contribution < -0.4 is 0 Å². The normalized spacial score (nSPS) is 13.5. The summed E-state index contributed by atoms with van der Waals surface area (Å²) in [6.45, 7) is 10.4. The van der Waals surface area contributed by atoms with Crippen LogP contribution in [0.25, 0.3) is 16.9 Å². The van der Waals surface area contributed by atoms with E-state index >= 15 is 0 Å². The van der Waals surface area contributed by atoms with Crippen molar-refractivity contribution in [2.75, 3.05) is 0 Å². The van der Waals surface area contributed by atoms with Gasteiger partial charge in [0, 0.05) is 11.3 Å². The first kappa shape index (κ1) is 15.8.